The van der Waals surface area contributed by atoms with Crippen LogP contribution >= 0.6 is 0 Å². The fourth-order valence-electron chi connectivity index (χ4n) is 2.99. The van der Waals surface area contributed by atoms with E-state index in [2.05, 4.69) is 12.2 Å². The van der Waals surface area contributed by atoms with Crippen LogP contribution in [0.15, 0.2) is 0 Å². The third kappa shape index (κ3) is 5.85. The maximum atomic E-state index is 12.1. The van der Waals surface area contributed by atoms with E-state index in [0.717, 1.165) is 38.1 Å². The minimum absolute atomic E-state index is 0.232. The van der Waals surface area contributed by atoms with Crippen molar-refractivity contribution in [1.82, 2.24) is 5.32 Å². The molecule has 0 spiro atoms. The molecule has 0 aromatic rings. The Kier molecular flexibility index (Phi) is 8.06. The van der Waals surface area contributed by atoms with E-state index in [-0.39, 0.29) is 11.8 Å². The van der Waals surface area contributed by atoms with E-state index in [1.807, 2.05) is 0 Å². The first-order chi connectivity index (χ1) is 8.77. The smallest absolute Gasteiger partial charge is 0.223 e. The molecule has 0 heterocycles. The molecule has 1 aliphatic carbocycles. The summed E-state index contributed by atoms with van der Waals surface area (Å²) in [4.78, 5) is 12.1. The molecule has 106 valence electrons. The lowest BCUT2D eigenvalue weighted by Gasteiger charge is -2.26. The molecule has 1 saturated carbocycles. The van der Waals surface area contributed by atoms with Crippen LogP contribution in [-0.2, 0) is 4.79 Å². The van der Waals surface area contributed by atoms with Crippen LogP contribution in [-0.4, -0.2) is 19.0 Å². The molecule has 1 unspecified atom stereocenters. The summed E-state index contributed by atoms with van der Waals surface area (Å²) >= 11 is 0. The molecular weight excluding hydrogens is 224 g/mol. The second-order valence-corrected chi connectivity index (χ2v) is 5.66. The normalized spacial score (nSPS) is 18.6. The zero-order valence-corrected chi connectivity index (χ0v) is 11.9. The van der Waals surface area contributed by atoms with Crippen LogP contribution in [0, 0.1) is 11.8 Å². The van der Waals surface area contributed by atoms with Gasteiger partial charge in [-0.2, -0.15) is 0 Å². The Morgan fingerprint density at radius 2 is 2.06 bits per heavy atom. The molecule has 0 saturated heterocycles. The number of amides is 1. The number of hydrogen-bond donors (Lipinski definition) is 2. The Morgan fingerprint density at radius 1 is 1.33 bits per heavy atom. The number of rotatable bonds is 8. The van der Waals surface area contributed by atoms with E-state index in [1.165, 1.54) is 32.1 Å². The molecule has 0 radical (unpaired) electrons. The standard InChI is InChI=1S/C15H30N2O/c1-2-7-14(15(18)17-11-6-10-16)12-13-8-4-3-5-9-13/h13-14H,2-12,16H2,1H3,(H,17,18). The van der Waals surface area contributed by atoms with Crippen molar-refractivity contribution < 1.29 is 4.79 Å². The van der Waals surface area contributed by atoms with Crippen molar-refractivity contribution in [3.8, 4) is 0 Å². The van der Waals surface area contributed by atoms with Crippen molar-refractivity contribution in [2.45, 2.75) is 64.7 Å². The largest absolute Gasteiger partial charge is 0.356 e. The summed E-state index contributed by atoms with van der Waals surface area (Å²) in [5, 5.41) is 3.04. The summed E-state index contributed by atoms with van der Waals surface area (Å²) in [6.07, 6.45) is 10.9. The zero-order chi connectivity index (χ0) is 13.2. The van der Waals surface area contributed by atoms with E-state index < -0.39 is 0 Å². The van der Waals surface area contributed by atoms with Crippen molar-refractivity contribution in [2.24, 2.45) is 17.6 Å². The number of hydrogen-bond acceptors (Lipinski definition) is 2. The Morgan fingerprint density at radius 3 is 2.67 bits per heavy atom. The highest BCUT2D eigenvalue weighted by Crippen LogP contribution is 2.30. The third-order valence-electron chi connectivity index (χ3n) is 4.03. The summed E-state index contributed by atoms with van der Waals surface area (Å²) in [5.41, 5.74) is 5.45. The van der Waals surface area contributed by atoms with Crippen molar-refractivity contribution >= 4 is 5.91 Å². The lowest BCUT2D eigenvalue weighted by atomic mass is 9.81. The summed E-state index contributed by atoms with van der Waals surface area (Å²) in [6.45, 7) is 3.56. The topological polar surface area (TPSA) is 55.1 Å². The van der Waals surface area contributed by atoms with Gasteiger partial charge < -0.3 is 11.1 Å². The fraction of sp³-hybridized carbons (Fsp3) is 0.933. The average molecular weight is 254 g/mol. The molecule has 0 aromatic carbocycles. The zero-order valence-electron chi connectivity index (χ0n) is 11.9. The van der Waals surface area contributed by atoms with E-state index in [9.17, 15) is 4.79 Å². The first kappa shape index (κ1) is 15.5. The lowest BCUT2D eigenvalue weighted by Crippen LogP contribution is -2.33. The fourth-order valence-corrected chi connectivity index (χ4v) is 2.99. The Bertz CT molecular complexity index is 225. The average Bonchev–Trinajstić information content (AvgIpc) is 2.39. The van der Waals surface area contributed by atoms with Crippen molar-refractivity contribution in [2.75, 3.05) is 13.1 Å². The molecule has 1 rings (SSSR count). The van der Waals surface area contributed by atoms with Gasteiger partial charge in [-0.25, -0.2) is 0 Å². The van der Waals surface area contributed by atoms with Crippen LogP contribution in [0.3, 0.4) is 0 Å². The molecule has 0 bridgehead atoms. The predicted octanol–water partition coefficient (Wildman–Crippen LogP) is 2.84. The molecule has 3 N–H and O–H groups in total. The van der Waals surface area contributed by atoms with E-state index in [1.54, 1.807) is 0 Å². The second-order valence-electron chi connectivity index (χ2n) is 5.66. The molecule has 3 nitrogen and oxygen atoms in total. The molecule has 18 heavy (non-hydrogen) atoms. The maximum Gasteiger partial charge on any atom is 0.223 e. The second kappa shape index (κ2) is 9.37. The van der Waals surface area contributed by atoms with Gasteiger partial charge in [0.25, 0.3) is 0 Å². The molecule has 0 aromatic heterocycles. The van der Waals surface area contributed by atoms with Gasteiger partial charge in [0, 0.05) is 12.5 Å². The van der Waals surface area contributed by atoms with Crippen LogP contribution in [0.25, 0.3) is 0 Å². The maximum absolute atomic E-state index is 12.1. The summed E-state index contributed by atoms with van der Waals surface area (Å²) < 4.78 is 0. The Balaban J connectivity index is 2.34. The molecule has 1 atom stereocenters. The Labute approximate surface area is 112 Å². The van der Waals surface area contributed by atoms with E-state index >= 15 is 0 Å². The molecule has 3 heteroatoms. The highest BCUT2D eigenvalue weighted by molar-refractivity contribution is 5.78. The van der Waals surface area contributed by atoms with Gasteiger partial charge in [-0.1, -0.05) is 45.4 Å². The molecular formula is C15H30N2O. The summed E-state index contributed by atoms with van der Waals surface area (Å²) in [5.74, 6) is 1.28. The minimum atomic E-state index is 0.232. The third-order valence-corrected chi connectivity index (χ3v) is 4.03. The monoisotopic (exact) mass is 254 g/mol. The van der Waals surface area contributed by atoms with Crippen LogP contribution in [0.1, 0.15) is 64.7 Å². The minimum Gasteiger partial charge on any atom is -0.356 e. The Hall–Kier alpha value is -0.570. The quantitative estimate of drug-likeness (QED) is 0.654. The summed E-state index contributed by atoms with van der Waals surface area (Å²) in [6, 6.07) is 0. The molecule has 1 amide bonds. The van der Waals surface area contributed by atoms with Crippen LogP contribution < -0.4 is 11.1 Å². The lowest BCUT2D eigenvalue weighted by molar-refractivity contribution is -0.125. The van der Waals surface area contributed by atoms with Gasteiger partial charge in [-0.05, 0) is 31.7 Å². The van der Waals surface area contributed by atoms with Gasteiger partial charge >= 0.3 is 0 Å². The van der Waals surface area contributed by atoms with Crippen molar-refractivity contribution in [1.29, 1.82) is 0 Å². The van der Waals surface area contributed by atoms with Crippen molar-refractivity contribution in [3.05, 3.63) is 0 Å². The van der Waals surface area contributed by atoms with Gasteiger partial charge in [0.05, 0.1) is 0 Å². The first-order valence-electron chi connectivity index (χ1n) is 7.75. The van der Waals surface area contributed by atoms with Crippen LogP contribution in [0.2, 0.25) is 0 Å². The van der Waals surface area contributed by atoms with Gasteiger partial charge in [-0.3, -0.25) is 4.79 Å². The van der Waals surface area contributed by atoms with E-state index in [4.69, 9.17) is 5.73 Å². The first-order valence-corrected chi connectivity index (χ1v) is 7.75. The molecule has 1 fully saturated rings. The summed E-state index contributed by atoms with van der Waals surface area (Å²) in [7, 11) is 0. The van der Waals surface area contributed by atoms with Crippen LogP contribution in [0.4, 0.5) is 0 Å². The van der Waals surface area contributed by atoms with Gasteiger partial charge in [0.15, 0.2) is 0 Å². The number of nitrogens with one attached hydrogen (secondary N) is 1. The molecule has 1 aliphatic rings. The SMILES string of the molecule is CCCC(CC1CCCCC1)C(=O)NCCCN. The van der Waals surface area contributed by atoms with Gasteiger partial charge in [-0.15, -0.1) is 0 Å². The number of carbonyl (C=O) groups excluding carboxylic acids is 1. The highest BCUT2D eigenvalue weighted by Gasteiger charge is 2.23. The number of carbonyl (C=O) groups is 1. The highest BCUT2D eigenvalue weighted by atomic mass is 16.1. The van der Waals surface area contributed by atoms with Gasteiger partial charge in [0.1, 0.15) is 0 Å². The van der Waals surface area contributed by atoms with Gasteiger partial charge in [0.2, 0.25) is 5.91 Å². The molecule has 0 aliphatic heterocycles. The van der Waals surface area contributed by atoms with E-state index in [0.29, 0.717) is 6.54 Å². The van der Waals surface area contributed by atoms with Crippen molar-refractivity contribution in [3.63, 3.8) is 0 Å². The predicted molar refractivity (Wildman–Crippen MR) is 76.3 cm³/mol. The van der Waals surface area contributed by atoms with Crippen LogP contribution in [0.5, 0.6) is 0 Å². The number of nitrogens with two attached hydrogens (primary N) is 1.